The monoisotopic (exact) mass is 463 g/mol. The maximum Gasteiger partial charge on any atom is 0.227 e. The summed E-state index contributed by atoms with van der Waals surface area (Å²) < 4.78 is 12.2. The maximum absolute atomic E-state index is 11.5. The van der Waals surface area contributed by atoms with Crippen LogP contribution in [0.5, 0.6) is 0 Å². The van der Waals surface area contributed by atoms with E-state index in [9.17, 15) is 4.55 Å². The number of nitrogens with one attached hydrogen (secondary N) is 1. The van der Waals surface area contributed by atoms with Crippen LogP contribution in [0.25, 0.3) is 32.7 Å². The van der Waals surface area contributed by atoms with E-state index in [-0.39, 0.29) is 0 Å². The summed E-state index contributed by atoms with van der Waals surface area (Å²) in [4.78, 5) is 15.8. The van der Waals surface area contributed by atoms with Crippen LogP contribution in [0.2, 0.25) is 0 Å². The molecule has 9 heteroatoms. The number of rotatable bonds is 6. The molecule has 0 bridgehead atoms. The van der Waals surface area contributed by atoms with Gasteiger partial charge >= 0.3 is 0 Å². The predicted octanol–water partition coefficient (Wildman–Crippen LogP) is 5.08. The van der Waals surface area contributed by atoms with E-state index in [2.05, 4.69) is 27.8 Å². The lowest BCUT2D eigenvalue weighted by Crippen LogP contribution is -2.09. The Hall–Kier alpha value is -2.82. The van der Waals surface area contributed by atoms with E-state index in [1.807, 2.05) is 36.4 Å². The molecular formula is C22H17N5OS3. The highest BCUT2D eigenvalue weighted by molar-refractivity contribution is 7.91. The fraction of sp³-hybridized carbons (Fsp3) is 0.0455. The van der Waals surface area contributed by atoms with Gasteiger partial charge in [0.05, 0.1) is 23.3 Å². The van der Waals surface area contributed by atoms with Gasteiger partial charge in [-0.15, -0.1) is 16.5 Å². The van der Waals surface area contributed by atoms with Crippen LogP contribution in [0.3, 0.4) is 0 Å². The molecule has 4 aromatic heterocycles. The largest absolute Gasteiger partial charge is 0.592 e. The zero-order chi connectivity index (χ0) is 21.2. The summed E-state index contributed by atoms with van der Waals surface area (Å²) in [5.74, 6) is 1.38. The predicted molar refractivity (Wildman–Crippen MR) is 128 cm³/mol. The van der Waals surface area contributed by atoms with Crippen LogP contribution in [0.1, 0.15) is 4.88 Å². The van der Waals surface area contributed by atoms with E-state index in [1.165, 1.54) is 11.3 Å². The molecule has 0 aliphatic carbocycles. The van der Waals surface area contributed by atoms with Gasteiger partial charge in [-0.25, -0.2) is 9.97 Å². The molecule has 0 aliphatic heterocycles. The third kappa shape index (κ3) is 4.18. The Kier molecular flexibility index (Phi) is 5.66. The summed E-state index contributed by atoms with van der Waals surface area (Å²) in [7, 11) is 0. The molecule has 5 aromatic rings. The first kappa shape index (κ1) is 20.1. The first-order valence-corrected chi connectivity index (χ1v) is 12.3. The molecule has 1 unspecified atom stereocenters. The van der Waals surface area contributed by atoms with Gasteiger partial charge in [-0.05, 0) is 23.8 Å². The van der Waals surface area contributed by atoms with Crippen molar-refractivity contribution in [2.75, 3.05) is 5.32 Å². The van der Waals surface area contributed by atoms with Crippen molar-refractivity contribution >= 4 is 50.1 Å². The quantitative estimate of drug-likeness (QED) is 0.341. The molecule has 0 radical (unpaired) electrons. The van der Waals surface area contributed by atoms with E-state index < -0.39 is 11.4 Å². The Morgan fingerprint density at radius 3 is 2.58 bits per heavy atom. The molecule has 154 valence electrons. The fourth-order valence-electron chi connectivity index (χ4n) is 3.26. The Bertz CT molecular complexity index is 1320. The van der Waals surface area contributed by atoms with Crippen LogP contribution < -0.4 is 10.5 Å². The molecule has 0 aliphatic rings. The number of fused-ring (bicyclic) bond motifs is 1. The average molecular weight is 464 g/mol. The lowest BCUT2D eigenvalue weighted by atomic mass is 10.1. The zero-order valence-electron chi connectivity index (χ0n) is 16.2. The normalized spacial score (nSPS) is 12.2. The second kappa shape index (κ2) is 8.74. The fourth-order valence-corrected chi connectivity index (χ4v) is 5.73. The number of nitrogens with two attached hydrogens (primary N) is 1. The van der Waals surface area contributed by atoms with Gasteiger partial charge < -0.3 is 9.87 Å². The van der Waals surface area contributed by atoms with Crippen molar-refractivity contribution in [2.45, 2.75) is 10.8 Å². The summed E-state index contributed by atoms with van der Waals surface area (Å²) in [6, 6.07) is 17.8. The minimum absolute atomic E-state index is 0.546. The Morgan fingerprint density at radius 1 is 1.00 bits per heavy atom. The highest BCUT2D eigenvalue weighted by atomic mass is 32.2. The van der Waals surface area contributed by atoms with E-state index in [0.29, 0.717) is 16.6 Å². The minimum atomic E-state index is -1.47. The van der Waals surface area contributed by atoms with Gasteiger partial charge in [-0.3, -0.25) is 4.98 Å². The molecule has 6 nitrogen and oxygen atoms in total. The lowest BCUT2D eigenvalue weighted by Gasteiger charge is -2.10. The Morgan fingerprint density at radius 2 is 1.84 bits per heavy atom. The van der Waals surface area contributed by atoms with E-state index >= 15 is 0 Å². The molecule has 3 N–H and O–H groups in total. The molecule has 31 heavy (non-hydrogen) atoms. The van der Waals surface area contributed by atoms with Crippen molar-refractivity contribution in [3.8, 4) is 22.5 Å². The van der Waals surface area contributed by atoms with Crippen molar-refractivity contribution in [3.05, 3.63) is 77.2 Å². The SMILES string of the molecule is N[S+]([O-])c1ccc(CNc2nc(-c3cccnc3)nc3scc(-c4ccccc4)c23)s1. The summed E-state index contributed by atoms with van der Waals surface area (Å²) in [5.41, 5.74) is 3.07. The first-order valence-electron chi connectivity index (χ1n) is 9.43. The smallest absolute Gasteiger partial charge is 0.227 e. The van der Waals surface area contributed by atoms with Gasteiger partial charge in [0.25, 0.3) is 0 Å². The zero-order valence-corrected chi connectivity index (χ0v) is 18.6. The van der Waals surface area contributed by atoms with Crippen molar-refractivity contribution < 1.29 is 4.55 Å². The van der Waals surface area contributed by atoms with Crippen molar-refractivity contribution in [1.82, 2.24) is 15.0 Å². The van der Waals surface area contributed by atoms with Crippen LogP contribution in [-0.2, 0) is 17.9 Å². The number of thiophene rings is 2. The van der Waals surface area contributed by atoms with Gasteiger partial charge in [-0.2, -0.15) is 0 Å². The summed E-state index contributed by atoms with van der Waals surface area (Å²) >= 11 is 1.56. The van der Waals surface area contributed by atoms with Crippen LogP contribution in [0.15, 0.2) is 76.6 Å². The molecule has 1 aromatic carbocycles. The molecule has 0 fully saturated rings. The molecule has 1 atom stereocenters. The van der Waals surface area contributed by atoms with Gasteiger partial charge in [0.15, 0.2) is 5.82 Å². The van der Waals surface area contributed by atoms with Gasteiger partial charge in [0.2, 0.25) is 4.21 Å². The molecule has 0 saturated carbocycles. The summed E-state index contributed by atoms with van der Waals surface area (Å²) in [5, 5.41) is 12.1. The minimum Gasteiger partial charge on any atom is -0.592 e. The number of aromatic nitrogens is 3. The summed E-state index contributed by atoms with van der Waals surface area (Å²) in [6.45, 7) is 0.546. The first-order chi connectivity index (χ1) is 15.2. The van der Waals surface area contributed by atoms with Gasteiger partial charge in [0, 0.05) is 39.8 Å². The second-order valence-corrected chi connectivity index (χ2v) is 10.0. The van der Waals surface area contributed by atoms with Crippen LogP contribution in [0, 0.1) is 0 Å². The highest BCUT2D eigenvalue weighted by Crippen LogP contribution is 2.38. The summed E-state index contributed by atoms with van der Waals surface area (Å²) in [6.07, 6.45) is 3.49. The topological polar surface area (TPSA) is 99.8 Å². The van der Waals surface area contributed by atoms with Gasteiger partial charge in [-0.1, -0.05) is 41.7 Å². The Labute approximate surface area is 190 Å². The number of benzene rings is 1. The van der Waals surface area contributed by atoms with Crippen LogP contribution in [0.4, 0.5) is 5.82 Å². The van der Waals surface area contributed by atoms with E-state index in [4.69, 9.17) is 15.1 Å². The van der Waals surface area contributed by atoms with E-state index in [0.717, 1.165) is 37.6 Å². The molecule has 0 spiro atoms. The van der Waals surface area contributed by atoms with Gasteiger partial charge in [0.1, 0.15) is 10.6 Å². The molecule has 5 rings (SSSR count). The number of hydrogen-bond acceptors (Lipinski definition) is 8. The van der Waals surface area contributed by atoms with Crippen LogP contribution in [-0.4, -0.2) is 19.5 Å². The van der Waals surface area contributed by atoms with Crippen molar-refractivity contribution in [1.29, 1.82) is 0 Å². The average Bonchev–Trinajstić information content (AvgIpc) is 3.46. The number of hydrogen-bond donors (Lipinski definition) is 2. The third-order valence-electron chi connectivity index (χ3n) is 4.70. The highest BCUT2D eigenvalue weighted by Gasteiger charge is 2.17. The Balaban J connectivity index is 1.59. The molecule has 0 amide bonds. The molecule has 0 saturated heterocycles. The standard InChI is InChI=1S/C22H17N5OS3/c23-31(28)18-9-8-16(30-18)12-25-21-19-17(14-5-2-1-3-6-14)13-29-22(19)27-20(26-21)15-7-4-10-24-11-15/h1-11,13H,12,23H2,(H,25,26,27). The maximum atomic E-state index is 11.5. The number of nitrogens with zero attached hydrogens (tertiary/aromatic N) is 3. The van der Waals surface area contributed by atoms with Crippen molar-refractivity contribution in [2.24, 2.45) is 5.14 Å². The number of anilines is 1. The van der Waals surface area contributed by atoms with E-state index in [1.54, 1.807) is 29.8 Å². The second-order valence-electron chi connectivity index (χ2n) is 6.70. The van der Waals surface area contributed by atoms with Crippen molar-refractivity contribution in [3.63, 3.8) is 0 Å². The van der Waals surface area contributed by atoms with Crippen LogP contribution >= 0.6 is 22.7 Å². The lowest BCUT2D eigenvalue weighted by molar-refractivity contribution is 0.598. The number of pyridine rings is 1. The third-order valence-corrected chi connectivity index (χ3v) is 7.73. The molecular weight excluding hydrogens is 446 g/mol. The molecule has 4 heterocycles.